The van der Waals surface area contributed by atoms with E-state index in [4.69, 9.17) is 0 Å². The topological polar surface area (TPSA) is 72.5 Å². The Morgan fingerprint density at radius 1 is 1.27 bits per heavy atom. The average Bonchev–Trinajstić information content (AvgIpc) is 2.17. The fourth-order valence-corrected chi connectivity index (χ4v) is 1.26. The molecular formula is C8H9NNaO4S. The van der Waals surface area contributed by atoms with Gasteiger partial charge < -0.3 is 4.74 Å². The number of thiol groups is 1. The third-order valence-corrected chi connectivity index (χ3v) is 1.97. The molecule has 1 rings (SSSR count). The first-order chi connectivity index (χ1) is 6.63. The van der Waals surface area contributed by atoms with E-state index in [0.717, 1.165) is 0 Å². The normalized spacial score (nSPS) is 9.20. The van der Waals surface area contributed by atoms with Crippen molar-refractivity contribution >= 4 is 52.1 Å². The Morgan fingerprint density at radius 3 is 2.20 bits per heavy atom. The van der Waals surface area contributed by atoms with Crippen molar-refractivity contribution in [1.82, 2.24) is 0 Å². The maximum absolute atomic E-state index is 11.0. The number of ether oxygens (including phenoxy) is 1. The Morgan fingerprint density at radius 2 is 1.80 bits per heavy atom. The standard InChI is InChI=1S/C8H9NO4S.Na/c1-13-8(10)6-2-4-7(5-3-6)9-14(11)12;/h2-5,14H,1H3,(H,9,11,12);. The fraction of sp³-hybridized carbons (Fsp3) is 0.125. The Balaban J connectivity index is 0.00000196. The van der Waals surface area contributed by atoms with Gasteiger partial charge >= 0.3 is 5.97 Å². The van der Waals surface area contributed by atoms with Crippen molar-refractivity contribution in [1.29, 1.82) is 0 Å². The Bertz CT molecular complexity index is 394. The van der Waals surface area contributed by atoms with Gasteiger partial charge in [-0.15, -0.1) is 0 Å². The number of methoxy groups -OCH3 is 1. The third-order valence-electron chi connectivity index (χ3n) is 1.53. The smallest absolute Gasteiger partial charge is 0.337 e. The molecule has 77 valence electrons. The summed E-state index contributed by atoms with van der Waals surface area (Å²) in [6.45, 7) is 0. The van der Waals surface area contributed by atoms with Crippen LogP contribution in [0, 0.1) is 0 Å². The van der Waals surface area contributed by atoms with Crippen LogP contribution in [-0.4, -0.2) is 51.1 Å². The molecule has 0 aliphatic rings. The van der Waals surface area contributed by atoms with Gasteiger partial charge in [0.1, 0.15) is 0 Å². The van der Waals surface area contributed by atoms with E-state index in [1.54, 1.807) is 0 Å². The fourth-order valence-electron chi connectivity index (χ4n) is 0.904. The van der Waals surface area contributed by atoms with Crippen molar-refractivity contribution in [2.45, 2.75) is 0 Å². The predicted octanol–water partition coefficient (Wildman–Crippen LogP) is 0.0307. The molecule has 0 amide bonds. The molecule has 0 aromatic heterocycles. The molecule has 0 atom stereocenters. The van der Waals surface area contributed by atoms with E-state index < -0.39 is 16.9 Å². The maximum Gasteiger partial charge on any atom is 0.337 e. The van der Waals surface area contributed by atoms with Gasteiger partial charge in [-0.3, -0.25) is 4.72 Å². The Hall–Kier alpha value is -0.560. The maximum atomic E-state index is 11.0. The van der Waals surface area contributed by atoms with Crippen LogP contribution in [0.1, 0.15) is 10.4 Å². The van der Waals surface area contributed by atoms with Gasteiger partial charge in [0.25, 0.3) is 0 Å². The second kappa shape index (κ2) is 6.84. The van der Waals surface area contributed by atoms with Crippen molar-refractivity contribution in [3.63, 3.8) is 0 Å². The van der Waals surface area contributed by atoms with Gasteiger partial charge in [0.2, 0.25) is 10.9 Å². The van der Waals surface area contributed by atoms with E-state index in [0.29, 0.717) is 11.3 Å². The average molecular weight is 238 g/mol. The first-order valence-corrected chi connectivity index (χ1v) is 4.90. The first kappa shape index (κ1) is 14.4. The van der Waals surface area contributed by atoms with Gasteiger partial charge in [-0.2, -0.15) is 0 Å². The minimum Gasteiger partial charge on any atom is -0.465 e. The van der Waals surface area contributed by atoms with E-state index in [9.17, 15) is 13.2 Å². The van der Waals surface area contributed by atoms with Crippen LogP contribution in [0.25, 0.3) is 0 Å². The molecule has 1 aromatic carbocycles. The summed E-state index contributed by atoms with van der Waals surface area (Å²) >= 11 is 0. The van der Waals surface area contributed by atoms with Crippen LogP contribution in [0.5, 0.6) is 0 Å². The quantitative estimate of drug-likeness (QED) is 0.443. The number of hydrogen-bond acceptors (Lipinski definition) is 4. The van der Waals surface area contributed by atoms with Gasteiger partial charge in [0.15, 0.2) is 0 Å². The number of benzene rings is 1. The molecule has 1 aromatic rings. The van der Waals surface area contributed by atoms with Crippen LogP contribution in [0.4, 0.5) is 5.69 Å². The van der Waals surface area contributed by atoms with Crippen molar-refractivity contribution in [3.05, 3.63) is 29.8 Å². The predicted molar refractivity (Wildman–Crippen MR) is 57.5 cm³/mol. The number of rotatable bonds is 3. The molecule has 0 aliphatic carbocycles. The van der Waals surface area contributed by atoms with Gasteiger partial charge in [0.05, 0.1) is 12.7 Å². The summed E-state index contributed by atoms with van der Waals surface area (Å²) in [6.07, 6.45) is 0. The first-order valence-electron chi connectivity index (χ1n) is 3.73. The Kier molecular flexibility index (Phi) is 6.58. The van der Waals surface area contributed by atoms with E-state index in [2.05, 4.69) is 9.46 Å². The summed E-state index contributed by atoms with van der Waals surface area (Å²) in [5.41, 5.74) is 0.785. The summed E-state index contributed by atoms with van der Waals surface area (Å²) in [5.74, 6) is -0.455. The molecule has 0 unspecified atom stereocenters. The summed E-state index contributed by atoms with van der Waals surface area (Å²) in [5, 5.41) is 0. The van der Waals surface area contributed by atoms with Crippen molar-refractivity contribution in [2.24, 2.45) is 0 Å². The zero-order valence-electron chi connectivity index (χ0n) is 8.39. The summed E-state index contributed by atoms with van der Waals surface area (Å²) in [7, 11) is -1.39. The van der Waals surface area contributed by atoms with Gasteiger partial charge in [-0.1, -0.05) is 0 Å². The van der Waals surface area contributed by atoms with E-state index in [-0.39, 0.29) is 29.6 Å². The zero-order valence-corrected chi connectivity index (χ0v) is 11.3. The number of nitrogens with one attached hydrogen (secondary N) is 1. The van der Waals surface area contributed by atoms with E-state index in [1.807, 2.05) is 0 Å². The van der Waals surface area contributed by atoms with E-state index in [1.165, 1.54) is 31.4 Å². The largest absolute Gasteiger partial charge is 0.465 e. The van der Waals surface area contributed by atoms with Crippen LogP contribution in [0.2, 0.25) is 0 Å². The van der Waals surface area contributed by atoms with Gasteiger partial charge in [-0.05, 0) is 24.3 Å². The minimum atomic E-state index is -2.67. The van der Waals surface area contributed by atoms with E-state index >= 15 is 0 Å². The molecular weight excluding hydrogens is 229 g/mol. The summed E-state index contributed by atoms with van der Waals surface area (Å²) in [6, 6.07) is 5.93. The molecule has 1 N–H and O–H groups in total. The minimum absolute atomic E-state index is 0. The SMILES string of the molecule is COC(=O)c1ccc(N[SH](=O)=O)cc1.[Na]. The third kappa shape index (κ3) is 4.65. The number of anilines is 1. The number of carbonyl (C=O) groups excluding carboxylic acids is 1. The van der Waals surface area contributed by atoms with Crippen molar-refractivity contribution < 1.29 is 17.9 Å². The van der Waals surface area contributed by atoms with Crippen LogP contribution in [-0.2, 0) is 15.6 Å². The van der Waals surface area contributed by atoms with Crippen molar-refractivity contribution in [2.75, 3.05) is 11.8 Å². The molecule has 5 nitrogen and oxygen atoms in total. The summed E-state index contributed by atoms with van der Waals surface area (Å²) < 4.78 is 27.2. The number of esters is 1. The molecule has 0 saturated carbocycles. The summed E-state index contributed by atoms with van der Waals surface area (Å²) in [4.78, 5) is 11.0. The molecule has 0 fully saturated rings. The molecule has 0 heterocycles. The van der Waals surface area contributed by atoms with Crippen LogP contribution >= 0.6 is 0 Å². The second-order valence-corrected chi connectivity index (χ2v) is 3.18. The van der Waals surface area contributed by atoms with Crippen LogP contribution in [0.3, 0.4) is 0 Å². The van der Waals surface area contributed by atoms with Gasteiger partial charge in [-0.25, -0.2) is 13.2 Å². The van der Waals surface area contributed by atoms with Crippen LogP contribution in [0.15, 0.2) is 24.3 Å². The number of carbonyl (C=O) groups is 1. The monoisotopic (exact) mass is 238 g/mol. The van der Waals surface area contributed by atoms with Gasteiger partial charge in [0, 0.05) is 35.2 Å². The zero-order chi connectivity index (χ0) is 10.6. The van der Waals surface area contributed by atoms with Crippen LogP contribution < -0.4 is 4.72 Å². The Labute approximate surface area is 111 Å². The molecule has 0 spiro atoms. The molecule has 1 radical (unpaired) electrons. The number of hydrogen-bond donors (Lipinski definition) is 2. The molecule has 0 aliphatic heterocycles. The molecule has 7 heteroatoms. The second-order valence-electron chi connectivity index (χ2n) is 2.44. The molecule has 15 heavy (non-hydrogen) atoms. The van der Waals surface area contributed by atoms with Crippen molar-refractivity contribution in [3.8, 4) is 0 Å². The molecule has 0 saturated heterocycles. The molecule has 0 bridgehead atoms.